The van der Waals surface area contributed by atoms with Crippen molar-refractivity contribution >= 4 is 23.4 Å². The minimum absolute atomic E-state index is 0.147. The molecule has 2 amide bonds. The number of halogens is 1. The average molecular weight is 397 g/mol. The molecular weight excluding hydrogens is 376 g/mol. The van der Waals surface area contributed by atoms with Crippen molar-refractivity contribution in [1.82, 2.24) is 10.6 Å². The van der Waals surface area contributed by atoms with Gasteiger partial charge in [-0.2, -0.15) is 0 Å². The topological polar surface area (TPSA) is 71.3 Å². The summed E-state index contributed by atoms with van der Waals surface area (Å²) in [6.45, 7) is 1.71. The molecular formula is C22H21ClN2O3. The largest absolute Gasteiger partial charge is 0.459 e. The van der Waals surface area contributed by atoms with Crippen LogP contribution in [0.1, 0.15) is 30.7 Å². The lowest BCUT2D eigenvalue weighted by atomic mass is 10.0. The number of amides is 2. The van der Waals surface area contributed by atoms with Gasteiger partial charge in [0.1, 0.15) is 11.5 Å². The molecule has 1 aromatic heterocycles. The van der Waals surface area contributed by atoms with Crippen molar-refractivity contribution in [2.45, 2.75) is 25.9 Å². The number of carbonyl (C=O) groups is 2. The van der Waals surface area contributed by atoms with E-state index in [1.54, 1.807) is 12.1 Å². The number of carbonyl (C=O) groups excluding carboxylic acids is 2. The van der Waals surface area contributed by atoms with Gasteiger partial charge in [-0.1, -0.05) is 41.9 Å². The minimum atomic E-state index is -0.375. The van der Waals surface area contributed by atoms with E-state index in [9.17, 15) is 9.59 Å². The smallest absolute Gasteiger partial charge is 0.222 e. The van der Waals surface area contributed by atoms with Gasteiger partial charge in [0.05, 0.1) is 19.0 Å². The number of furan rings is 1. The molecule has 0 saturated heterocycles. The van der Waals surface area contributed by atoms with Crippen molar-refractivity contribution in [3.05, 3.63) is 83.1 Å². The fraction of sp³-hybridized carbons (Fsp3) is 0.182. The third-order valence-electron chi connectivity index (χ3n) is 4.22. The number of nitrogens with one attached hydrogen (secondary N) is 2. The molecule has 0 saturated carbocycles. The van der Waals surface area contributed by atoms with Crippen LogP contribution < -0.4 is 10.6 Å². The summed E-state index contributed by atoms with van der Waals surface area (Å²) in [6, 6.07) is 20.1. The molecule has 1 unspecified atom stereocenters. The van der Waals surface area contributed by atoms with E-state index in [1.807, 2.05) is 54.6 Å². The van der Waals surface area contributed by atoms with Gasteiger partial charge in [0.25, 0.3) is 0 Å². The molecule has 5 nitrogen and oxygen atoms in total. The first-order valence-corrected chi connectivity index (χ1v) is 9.32. The van der Waals surface area contributed by atoms with Crippen LogP contribution in [0.25, 0.3) is 11.3 Å². The minimum Gasteiger partial charge on any atom is -0.459 e. The highest BCUT2D eigenvalue weighted by atomic mass is 35.5. The predicted molar refractivity (Wildman–Crippen MR) is 109 cm³/mol. The Morgan fingerprint density at radius 3 is 2.39 bits per heavy atom. The maximum Gasteiger partial charge on any atom is 0.222 e. The first-order valence-electron chi connectivity index (χ1n) is 8.94. The van der Waals surface area contributed by atoms with E-state index in [1.165, 1.54) is 6.92 Å². The summed E-state index contributed by atoms with van der Waals surface area (Å²) in [7, 11) is 0. The third kappa shape index (κ3) is 5.47. The molecule has 2 N–H and O–H groups in total. The predicted octanol–water partition coefficient (Wildman–Crippen LogP) is 4.48. The maximum absolute atomic E-state index is 12.4. The number of benzene rings is 2. The molecule has 0 aliphatic heterocycles. The molecule has 1 atom stereocenters. The van der Waals surface area contributed by atoms with E-state index >= 15 is 0 Å². The second-order valence-electron chi connectivity index (χ2n) is 6.42. The first kappa shape index (κ1) is 19.7. The Bertz CT molecular complexity index is 936. The van der Waals surface area contributed by atoms with Crippen LogP contribution in [0, 0.1) is 0 Å². The summed E-state index contributed by atoms with van der Waals surface area (Å²) in [5.41, 5.74) is 1.80. The lowest BCUT2D eigenvalue weighted by molar-refractivity contribution is -0.123. The van der Waals surface area contributed by atoms with Gasteiger partial charge >= 0.3 is 0 Å². The summed E-state index contributed by atoms with van der Waals surface area (Å²) in [5.74, 6) is 1.00. The van der Waals surface area contributed by atoms with E-state index in [2.05, 4.69) is 10.6 Å². The van der Waals surface area contributed by atoms with Gasteiger partial charge in [0.15, 0.2) is 0 Å². The van der Waals surface area contributed by atoms with Crippen LogP contribution in [0.3, 0.4) is 0 Å². The molecule has 0 aliphatic rings. The third-order valence-corrected chi connectivity index (χ3v) is 4.47. The molecule has 0 aliphatic carbocycles. The van der Waals surface area contributed by atoms with Crippen LogP contribution in [-0.2, 0) is 16.1 Å². The highest BCUT2D eigenvalue weighted by Crippen LogP contribution is 2.24. The van der Waals surface area contributed by atoms with E-state index in [-0.39, 0.29) is 30.8 Å². The summed E-state index contributed by atoms with van der Waals surface area (Å²) in [6.07, 6.45) is 0.147. The molecule has 6 heteroatoms. The van der Waals surface area contributed by atoms with Gasteiger partial charge in [-0.15, -0.1) is 0 Å². The van der Waals surface area contributed by atoms with Crippen LogP contribution in [0.4, 0.5) is 0 Å². The molecule has 1 heterocycles. The van der Waals surface area contributed by atoms with Crippen LogP contribution in [0.5, 0.6) is 0 Å². The molecule has 28 heavy (non-hydrogen) atoms. The Hall–Kier alpha value is -3.05. The van der Waals surface area contributed by atoms with Crippen molar-refractivity contribution < 1.29 is 14.0 Å². The molecule has 3 aromatic rings. The maximum atomic E-state index is 12.4. The van der Waals surface area contributed by atoms with Gasteiger partial charge in [-0.05, 0) is 42.0 Å². The summed E-state index contributed by atoms with van der Waals surface area (Å²) in [5, 5.41) is 6.32. The van der Waals surface area contributed by atoms with E-state index in [0.29, 0.717) is 16.5 Å². The van der Waals surface area contributed by atoms with E-state index in [0.717, 1.165) is 11.1 Å². The standard InChI is InChI=1S/C22H21ClN2O3/c1-15(26)25-20(16-5-3-2-4-6-16)13-22(27)24-14-19-11-12-21(28-19)17-7-9-18(23)10-8-17/h2-12,20H,13-14H2,1H3,(H,24,27)(H,25,26). The Morgan fingerprint density at radius 2 is 1.71 bits per heavy atom. The fourth-order valence-corrected chi connectivity index (χ4v) is 2.99. The van der Waals surface area contributed by atoms with Gasteiger partial charge in [0, 0.05) is 17.5 Å². The Labute approximate surface area is 168 Å². The molecule has 0 bridgehead atoms. The van der Waals surface area contributed by atoms with E-state index < -0.39 is 0 Å². The van der Waals surface area contributed by atoms with Crippen molar-refractivity contribution in [2.75, 3.05) is 0 Å². The molecule has 144 valence electrons. The zero-order valence-corrected chi connectivity index (χ0v) is 16.2. The quantitative estimate of drug-likeness (QED) is 0.618. The number of rotatable bonds is 7. The zero-order chi connectivity index (χ0) is 19.9. The zero-order valence-electron chi connectivity index (χ0n) is 15.4. The number of hydrogen-bond donors (Lipinski definition) is 2. The Morgan fingerprint density at radius 1 is 1.00 bits per heavy atom. The Kier molecular flexibility index (Phi) is 6.50. The van der Waals surface area contributed by atoms with Crippen LogP contribution in [-0.4, -0.2) is 11.8 Å². The van der Waals surface area contributed by atoms with Gasteiger partial charge in [-0.3, -0.25) is 9.59 Å². The van der Waals surface area contributed by atoms with Crippen LogP contribution >= 0.6 is 11.6 Å². The number of hydrogen-bond acceptors (Lipinski definition) is 3. The fourth-order valence-electron chi connectivity index (χ4n) is 2.87. The second-order valence-corrected chi connectivity index (χ2v) is 6.85. The molecule has 0 fully saturated rings. The van der Waals surface area contributed by atoms with Crippen molar-refractivity contribution in [3.63, 3.8) is 0 Å². The lowest BCUT2D eigenvalue weighted by Crippen LogP contribution is -2.32. The first-order chi connectivity index (χ1) is 13.5. The monoisotopic (exact) mass is 396 g/mol. The Balaban J connectivity index is 1.58. The van der Waals surface area contributed by atoms with E-state index in [4.69, 9.17) is 16.0 Å². The highest BCUT2D eigenvalue weighted by molar-refractivity contribution is 6.30. The van der Waals surface area contributed by atoms with Gasteiger partial charge in [-0.25, -0.2) is 0 Å². The van der Waals surface area contributed by atoms with Gasteiger partial charge < -0.3 is 15.1 Å². The molecule has 0 spiro atoms. The van der Waals surface area contributed by atoms with Crippen molar-refractivity contribution in [2.24, 2.45) is 0 Å². The SMILES string of the molecule is CC(=O)NC(CC(=O)NCc1ccc(-c2ccc(Cl)cc2)o1)c1ccccc1. The molecule has 0 radical (unpaired) electrons. The molecule has 3 rings (SSSR count). The van der Waals surface area contributed by atoms with Crippen LogP contribution in [0.15, 0.2) is 71.1 Å². The highest BCUT2D eigenvalue weighted by Gasteiger charge is 2.17. The summed E-state index contributed by atoms with van der Waals surface area (Å²) < 4.78 is 5.79. The van der Waals surface area contributed by atoms with Crippen molar-refractivity contribution in [1.29, 1.82) is 0 Å². The van der Waals surface area contributed by atoms with Crippen molar-refractivity contribution in [3.8, 4) is 11.3 Å². The van der Waals surface area contributed by atoms with Gasteiger partial charge in [0.2, 0.25) is 11.8 Å². The summed E-state index contributed by atoms with van der Waals surface area (Å²) >= 11 is 5.90. The van der Waals surface area contributed by atoms with Crippen LogP contribution in [0.2, 0.25) is 5.02 Å². The second kappa shape index (κ2) is 9.24. The summed E-state index contributed by atoms with van der Waals surface area (Å²) in [4.78, 5) is 23.9. The average Bonchev–Trinajstić information content (AvgIpc) is 3.16. The normalized spacial score (nSPS) is 11.6. The lowest BCUT2D eigenvalue weighted by Gasteiger charge is -2.17. The molecule has 2 aromatic carbocycles.